The molecule has 2 aliphatic rings. The van der Waals surface area contributed by atoms with Crippen LogP contribution in [-0.2, 0) is 4.74 Å². The van der Waals surface area contributed by atoms with Crippen molar-refractivity contribution in [2.75, 3.05) is 19.5 Å². The Morgan fingerprint density at radius 1 is 1.37 bits per heavy atom. The predicted octanol–water partition coefficient (Wildman–Crippen LogP) is 2.76. The van der Waals surface area contributed by atoms with Gasteiger partial charge in [-0.25, -0.2) is 0 Å². The molecule has 4 heteroatoms. The number of rotatable bonds is 3. The lowest BCUT2D eigenvalue weighted by Gasteiger charge is -2.46. The van der Waals surface area contributed by atoms with Crippen molar-refractivity contribution >= 4 is 5.69 Å². The maximum absolute atomic E-state index is 6.06. The smallest absolute Gasteiger partial charge is 0.142 e. The lowest BCUT2D eigenvalue weighted by Crippen LogP contribution is -2.48. The van der Waals surface area contributed by atoms with Crippen LogP contribution in [0.4, 0.5) is 5.69 Å². The molecule has 104 valence electrons. The van der Waals surface area contributed by atoms with Crippen molar-refractivity contribution in [3.63, 3.8) is 0 Å². The van der Waals surface area contributed by atoms with Gasteiger partial charge in [0.1, 0.15) is 17.6 Å². The maximum Gasteiger partial charge on any atom is 0.142 e. The zero-order chi connectivity index (χ0) is 13.3. The van der Waals surface area contributed by atoms with Gasteiger partial charge in [0.05, 0.1) is 25.0 Å². The second-order valence-corrected chi connectivity index (χ2v) is 5.52. The molecule has 1 heterocycles. The summed E-state index contributed by atoms with van der Waals surface area (Å²) in [6, 6.07) is 5.56. The molecule has 1 spiro atoms. The van der Waals surface area contributed by atoms with Gasteiger partial charge in [-0.2, -0.15) is 0 Å². The van der Waals surface area contributed by atoms with E-state index in [0.717, 1.165) is 30.9 Å². The van der Waals surface area contributed by atoms with E-state index >= 15 is 0 Å². The molecule has 19 heavy (non-hydrogen) atoms. The van der Waals surface area contributed by atoms with Gasteiger partial charge in [-0.05, 0) is 31.4 Å². The number of hydrogen-bond donors (Lipinski definition) is 1. The Kier molecular flexibility index (Phi) is 3.27. The summed E-state index contributed by atoms with van der Waals surface area (Å²) >= 11 is 0. The SMILES string of the molecule is COc1ccc(OC2CCOC3(CCC3)C2)c(N)c1. The van der Waals surface area contributed by atoms with E-state index in [9.17, 15) is 0 Å². The molecule has 4 nitrogen and oxygen atoms in total. The van der Waals surface area contributed by atoms with E-state index in [0.29, 0.717) is 5.69 Å². The Morgan fingerprint density at radius 2 is 2.21 bits per heavy atom. The lowest BCUT2D eigenvalue weighted by atomic mass is 9.74. The summed E-state index contributed by atoms with van der Waals surface area (Å²) in [6.45, 7) is 0.792. The van der Waals surface area contributed by atoms with Gasteiger partial charge in [0.2, 0.25) is 0 Å². The van der Waals surface area contributed by atoms with Crippen LogP contribution in [0.3, 0.4) is 0 Å². The van der Waals surface area contributed by atoms with Crippen LogP contribution < -0.4 is 15.2 Å². The predicted molar refractivity (Wildman–Crippen MR) is 73.6 cm³/mol. The highest BCUT2D eigenvalue weighted by atomic mass is 16.5. The van der Waals surface area contributed by atoms with Crippen LogP contribution >= 0.6 is 0 Å². The highest BCUT2D eigenvalue weighted by molar-refractivity contribution is 5.56. The third-order valence-electron chi connectivity index (χ3n) is 4.22. The van der Waals surface area contributed by atoms with Gasteiger partial charge in [-0.15, -0.1) is 0 Å². The van der Waals surface area contributed by atoms with Crippen LogP contribution in [0.1, 0.15) is 32.1 Å². The van der Waals surface area contributed by atoms with Crippen LogP contribution in [-0.4, -0.2) is 25.4 Å². The van der Waals surface area contributed by atoms with Gasteiger partial charge in [0.15, 0.2) is 0 Å². The molecule has 2 fully saturated rings. The largest absolute Gasteiger partial charge is 0.497 e. The quantitative estimate of drug-likeness (QED) is 0.852. The molecule has 1 aromatic carbocycles. The van der Waals surface area contributed by atoms with E-state index in [-0.39, 0.29) is 11.7 Å². The zero-order valence-electron chi connectivity index (χ0n) is 11.4. The van der Waals surface area contributed by atoms with Gasteiger partial charge < -0.3 is 19.9 Å². The first-order valence-corrected chi connectivity index (χ1v) is 6.95. The second-order valence-electron chi connectivity index (χ2n) is 5.52. The first kappa shape index (κ1) is 12.6. The monoisotopic (exact) mass is 263 g/mol. The highest BCUT2D eigenvalue weighted by Crippen LogP contribution is 2.43. The maximum atomic E-state index is 6.06. The first-order chi connectivity index (χ1) is 9.21. The molecule has 1 aliphatic carbocycles. The molecule has 0 aromatic heterocycles. The second kappa shape index (κ2) is 4.93. The van der Waals surface area contributed by atoms with Gasteiger partial charge in [0, 0.05) is 18.9 Å². The summed E-state index contributed by atoms with van der Waals surface area (Å²) in [4.78, 5) is 0. The summed E-state index contributed by atoms with van der Waals surface area (Å²) in [7, 11) is 1.63. The topological polar surface area (TPSA) is 53.7 Å². The number of ether oxygens (including phenoxy) is 3. The lowest BCUT2D eigenvalue weighted by molar-refractivity contribution is -0.153. The molecule has 1 atom stereocenters. The fraction of sp³-hybridized carbons (Fsp3) is 0.600. The molecule has 3 rings (SSSR count). The summed E-state index contributed by atoms with van der Waals surface area (Å²) in [5, 5.41) is 0. The molecule has 1 saturated carbocycles. The van der Waals surface area contributed by atoms with Gasteiger partial charge in [-0.1, -0.05) is 0 Å². The molecule has 0 amide bonds. The number of anilines is 1. The minimum absolute atomic E-state index is 0.101. The van der Waals surface area contributed by atoms with Gasteiger partial charge >= 0.3 is 0 Å². The third-order valence-corrected chi connectivity index (χ3v) is 4.22. The highest BCUT2D eigenvalue weighted by Gasteiger charge is 2.43. The van der Waals surface area contributed by atoms with E-state index in [1.54, 1.807) is 13.2 Å². The molecule has 2 N–H and O–H groups in total. The summed E-state index contributed by atoms with van der Waals surface area (Å²) < 4.78 is 17.1. The Balaban J connectivity index is 1.67. The number of methoxy groups -OCH3 is 1. The summed E-state index contributed by atoms with van der Waals surface area (Å²) in [6.07, 6.45) is 5.75. The van der Waals surface area contributed by atoms with Crippen molar-refractivity contribution in [3.8, 4) is 11.5 Å². The molecule has 0 bridgehead atoms. The molecule has 1 aliphatic heterocycles. The molecule has 1 aromatic rings. The summed E-state index contributed by atoms with van der Waals surface area (Å²) in [5.41, 5.74) is 6.73. The van der Waals surface area contributed by atoms with E-state index in [1.807, 2.05) is 12.1 Å². The van der Waals surface area contributed by atoms with E-state index in [2.05, 4.69) is 0 Å². The third kappa shape index (κ3) is 2.50. The number of nitrogens with two attached hydrogens (primary N) is 1. The Labute approximate surface area is 113 Å². The number of nitrogen functional groups attached to an aromatic ring is 1. The molecular formula is C15H21NO3. The van der Waals surface area contributed by atoms with Crippen molar-refractivity contribution in [2.45, 2.75) is 43.8 Å². The van der Waals surface area contributed by atoms with Gasteiger partial charge in [0.25, 0.3) is 0 Å². The molecule has 0 radical (unpaired) electrons. The van der Waals surface area contributed by atoms with Crippen molar-refractivity contribution in [1.82, 2.24) is 0 Å². The Hall–Kier alpha value is -1.42. The van der Waals surface area contributed by atoms with Crippen molar-refractivity contribution < 1.29 is 14.2 Å². The fourth-order valence-corrected chi connectivity index (χ4v) is 2.94. The van der Waals surface area contributed by atoms with Crippen molar-refractivity contribution in [2.24, 2.45) is 0 Å². The minimum Gasteiger partial charge on any atom is -0.497 e. The average molecular weight is 263 g/mol. The molecule has 1 unspecified atom stereocenters. The Bertz CT molecular complexity index is 457. The summed E-state index contributed by atoms with van der Waals surface area (Å²) in [5.74, 6) is 1.51. The van der Waals surface area contributed by atoms with Crippen molar-refractivity contribution in [1.29, 1.82) is 0 Å². The first-order valence-electron chi connectivity index (χ1n) is 6.95. The van der Waals surface area contributed by atoms with Crippen LogP contribution in [0.15, 0.2) is 18.2 Å². The van der Waals surface area contributed by atoms with E-state index in [4.69, 9.17) is 19.9 Å². The van der Waals surface area contributed by atoms with Crippen LogP contribution in [0, 0.1) is 0 Å². The normalized spacial score (nSPS) is 24.8. The van der Waals surface area contributed by atoms with E-state index in [1.165, 1.54) is 19.3 Å². The average Bonchev–Trinajstić information content (AvgIpc) is 2.39. The van der Waals surface area contributed by atoms with Gasteiger partial charge in [-0.3, -0.25) is 0 Å². The minimum atomic E-state index is 0.101. The standard InChI is InChI=1S/C15H21NO3/c1-17-11-3-4-14(13(16)9-11)19-12-5-8-18-15(10-12)6-2-7-15/h3-4,9,12H,2,5-8,10,16H2,1H3. The van der Waals surface area contributed by atoms with Crippen molar-refractivity contribution in [3.05, 3.63) is 18.2 Å². The van der Waals surface area contributed by atoms with Crippen LogP contribution in [0.25, 0.3) is 0 Å². The number of benzene rings is 1. The van der Waals surface area contributed by atoms with E-state index < -0.39 is 0 Å². The Morgan fingerprint density at radius 3 is 2.84 bits per heavy atom. The van der Waals surface area contributed by atoms with Crippen LogP contribution in [0.5, 0.6) is 11.5 Å². The molecule has 1 saturated heterocycles. The fourth-order valence-electron chi connectivity index (χ4n) is 2.94. The number of hydrogen-bond acceptors (Lipinski definition) is 4. The zero-order valence-corrected chi connectivity index (χ0v) is 11.4. The van der Waals surface area contributed by atoms with Crippen LogP contribution in [0.2, 0.25) is 0 Å². The molecular weight excluding hydrogens is 242 g/mol.